The lowest BCUT2D eigenvalue weighted by atomic mass is 10.2. The number of carbonyl (C=O) groups excluding carboxylic acids is 1. The van der Waals surface area contributed by atoms with Gasteiger partial charge in [-0.1, -0.05) is 11.6 Å². The number of halogens is 4. The number of carbonyl (C=O) groups is 1. The number of aromatic nitrogens is 2. The fraction of sp³-hybridized carbons (Fsp3) is 0.0833. The minimum atomic E-state index is -4.60. The van der Waals surface area contributed by atoms with E-state index in [2.05, 4.69) is 15.3 Å². The van der Waals surface area contributed by atoms with E-state index in [1.54, 1.807) is 24.3 Å². The van der Waals surface area contributed by atoms with Gasteiger partial charge in [0.15, 0.2) is 0 Å². The van der Waals surface area contributed by atoms with Crippen LogP contribution >= 0.6 is 11.6 Å². The number of hydrogen-bond acceptors (Lipinski definition) is 4. The molecule has 0 fully saturated rings. The fourth-order valence-electron chi connectivity index (χ4n) is 1.39. The third kappa shape index (κ3) is 3.24. The van der Waals surface area contributed by atoms with Crippen LogP contribution < -0.4 is 5.32 Å². The van der Waals surface area contributed by atoms with Crippen molar-refractivity contribution in [2.24, 2.45) is 0 Å². The van der Waals surface area contributed by atoms with Crippen LogP contribution in [-0.4, -0.2) is 16.3 Å². The minimum Gasteiger partial charge on any atom is -0.324 e. The lowest BCUT2D eigenvalue weighted by Crippen LogP contribution is -2.09. The average Bonchev–Trinajstić information content (AvgIpc) is 2.38. The van der Waals surface area contributed by atoms with Gasteiger partial charge in [-0.2, -0.15) is 13.2 Å². The van der Waals surface area contributed by atoms with E-state index in [1.165, 1.54) is 0 Å². The summed E-state index contributed by atoms with van der Waals surface area (Å²) in [5.74, 6) is -0.0677. The van der Waals surface area contributed by atoms with Crippen LogP contribution in [0.5, 0.6) is 0 Å². The molecule has 1 N–H and O–H groups in total. The van der Waals surface area contributed by atoms with Gasteiger partial charge in [0, 0.05) is 17.4 Å². The van der Waals surface area contributed by atoms with Gasteiger partial charge in [-0.3, -0.25) is 4.79 Å². The molecule has 8 heteroatoms. The number of anilines is 2. The molecule has 0 unspecified atom stereocenters. The Bertz CT molecular complexity index is 629. The Morgan fingerprint density at radius 2 is 1.85 bits per heavy atom. The molecule has 0 atom stereocenters. The molecule has 0 aliphatic carbocycles. The third-order valence-electron chi connectivity index (χ3n) is 2.35. The molecule has 1 aromatic carbocycles. The summed E-state index contributed by atoms with van der Waals surface area (Å²) in [7, 11) is 0. The van der Waals surface area contributed by atoms with E-state index < -0.39 is 16.9 Å². The molecular weight excluding hydrogens is 295 g/mol. The Hall–Kier alpha value is -2.15. The van der Waals surface area contributed by atoms with Crippen LogP contribution in [0.15, 0.2) is 30.5 Å². The van der Waals surface area contributed by atoms with Crippen molar-refractivity contribution < 1.29 is 18.0 Å². The van der Waals surface area contributed by atoms with Crippen molar-refractivity contribution in [2.45, 2.75) is 6.18 Å². The van der Waals surface area contributed by atoms with E-state index in [1.807, 2.05) is 0 Å². The van der Waals surface area contributed by atoms with Crippen molar-refractivity contribution in [1.82, 2.24) is 9.97 Å². The number of nitrogens with one attached hydrogen (secondary N) is 1. The number of nitrogens with zero attached hydrogens (tertiary/aromatic N) is 2. The maximum absolute atomic E-state index is 12.5. The zero-order chi connectivity index (χ0) is 14.8. The number of benzene rings is 1. The molecule has 1 aromatic heterocycles. The van der Waals surface area contributed by atoms with E-state index >= 15 is 0 Å². The molecule has 4 nitrogen and oxygen atoms in total. The van der Waals surface area contributed by atoms with Gasteiger partial charge in [0.05, 0.1) is 0 Å². The Labute approximate surface area is 116 Å². The van der Waals surface area contributed by atoms with Crippen LogP contribution in [0.3, 0.4) is 0 Å². The lowest BCUT2D eigenvalue weighted by Gasteiger charge is -2.09. The van der Waals surface area contributed by atoms with E-state index in [-0.39, 0.29) is 5.95 Å². The Morgan fingerprint density at radius 3 is 2.35 bits per heavy atom. The summed E-state index contributed by atoms with van der Waals surface area (Å²) in [5, 5.41) is 2.00. The summed E-state index contributed by atoms with van der Waals surface area (Å²) >= 11 is 5.47. The maximum Gasteiger partial charge on any atom is 0.420 e. The zero-order valence-electron chi connectivity index (χ0n) is 9.78. The fourth-order valence-corrected chi connectivity index (χ4v) is 1.62. The van der Waals surface area contributed by atoms with E-state index in [4.69, 9.17) is 11.6 Å². The van der Waals surface area contributed by atoms with Gasteiger partial charge in [0.1, 0.15) is 17.0 Å². The van der Waals surface area contributed by atoms with Crippen molar-refractivity contribution >= 4 is 29.5 Å². The first-order chi connectivity index (χ1) is 9.40. The van der Waals surface area contributed by atoms with Crippen molar-refractivity contribution in [3.63, 3.8) is 0 Å². The smallest absolute Gasteiger partial charge is 0.324 e. The van der Waals surface area contributed by atoms with Gasteiger partial charge in [0.2, 0.25) is 5.95 Å². The van der Waals surface area contributed by atoms with Crippen molar-refractivity contribution in [3.8, 4) is 0 Å². The van der Waals surface area contributed by atoms with Gasteiger partial charge in [0.25, 0.3) is 0 Å². The van der Waals surface area contributed by atoms with Crippen LogP contribution in [0.4, 0.5) is 24.8 Å². The van der Waals surface area contributed by atoms with Crippen molar-refractivity contribution in [3.05, 3.63) is 46.7 Å². The number of alkyl halides is 3. The van der Waals surface area contributed by atoms with E-state index in [0.717, 1.165) is 0 Å². The van der Waals surface area contributed by atoms with Crippen LogP contribution in [-0.2, 0) is 6.18 Å². The highest BCUT2D eigenvalue weighted by Gasteiger charge is 2.34. The van der Waals surface area contributed by atoms with Crippen LogP contribution in [0.1, 0.15) is 15.9 Å². The Morgan fingerprint density at radius 1 is 1.20 bits per heavy atom. The van der Waals surface area contributed by atoms with Crippen LogP contribution in [0.25, 0.3) is 0 Å². The second-order valence-electron chi connectivity index (χ2n) is 3.76. The molecule has 0 radical (unpaired) electrons. The third-order valence-corrected chi connectivity index (χ3v) is 2.64. The van der Waals surface area contributed by atoms with Crippen molar-refractivity contribution in [1.29, 1.82) is 0 Å². The summed E-state index contributed by atoms with van der Waals surface area (Å²) < 4.78 is 37.4. The quantitative estimate of drug-likeness (QED) is 0.693. The summed E-state index contributed by atoms with van der Waals surface area (Å²) in [6.45, 7) is 0. The average molecular weight is 302 g/mol. The van der Waals surface area contributed by atoms with Crippen LogP contribution in [0.2, 0.25) is 5.15 Å². The van der Waals surface area contributed by atoms with Gasteiger partial charge in [-0.05, 0) is 24.3 Å². The highest BCUT2D eigenvalue weighted by molar-refractivity contribution is 6.30. The van der Waals surface area contributed by atoms with Gasteiger partial charge in [-0.25, -0.2) is 9.97 Å². The predicted octanol–water partition coefficient (Wildman–Crippen LogP) is 3.70. The summed E-state index contributed by atoms with van der Waals surface area (Å²) in [4.78, 5) is 17.6. The highest BCUT2D eigenvalue weighted by atomic mass is 35.5. The molecule has 0 saturated heterocycles. The molecule has 0 spiro atoms. The number of rotatable bonds is 3. The second-order valence-corrected chi connectivity index (χ2v) is 4.12. The van der Waals surface area contributed by atoms with E-state index in [0.29, 0.717) is 23.7 Å². The first kappa shape index (κ1) is 14.3. The normalized spacial score (nSPS) is 11.2. The highest BCUT2D eigenvalue weighted by Crippen LogP contribution is 2.33. The predicted molar refractivity (Wildman–Crippen MR) is 67.2 cm³/mol. The minimum absolute atomic E-state index is 0.0677. The summed E-state index contributed by atoms with van der Waals surface area (Å²) in [6, 6.07) is 6.22. The standard InChI is InChI=1S/C12H7ClF3N3O/c13-10-9(12(14,15)16)5-17-11(19-10)18-8-3-1-7(6-20)2-4-8/h1-6H,(H,17,18,19). The van der Waals surface area contributed by atoms with Gasteiger partial charge >= 0.3 is 6.18 Å². The molecule has 104 valence electrons. The second kappa shape index (κ2) is 5.46. The Balaban J connectivity index is 2.21. The molecule has 20 heavy (non-hydrogen) atoms. The zero-order valence-corrected chi connectivity index (χ0v) is 10.5. The summed E-state index contributed by atoms with van der Waals surface area (Å²) in [5.41, 5.74) is -0.102. The van der Waals surface area contributed by atoms with Crippen molar-refractivity contribution in [2.75, 3.05) is 5.32 Å². The van der Waals surface area contributed by atoms with Crippen LogP contribution in [0, 0.1) is 0 Å². The molecule has 0 amide bonds. The monoisotopic (exact) mass is 301 g/mol. The molecule has 1 heterocycles. The topological polar surface area (TPSA) is 54.9 Å². The first-order valence-corrected chi connectivity index (χ1v) is 5.70. The first-order valence-electron chi connectivity index (χ1n) is 5.32. The molecule has 0 bridgehead atoms. The SMILES string of the molecule is O=Cc1ccc(Nc2ncc(C(F)(F)F)c(Cl)n2)cc1. The maximum atomic E-state index is 12.5. The van der Waals surface area contributed by atoms with Gasteiger partial charge < -0.3 is 5.32 Å². The van der Waals surface area contributed by atoms with Gasteiger partial charge in [-0.15, -0.1) is 0 Å². The number of aldehydes is 1. The van der Waals surface area contributed by atoms with E-state index in [9.17, 15) is 18.0 Å². The molecule has 2 aromatic rings. The molecule has 0 saturated carbocycles. The lowest BCUT2D eigenvalue weighted by molar-refractivity contribution is -0.137. The molecule has 0 aliphatic rings. The summed E-state index contributed by atoms with van der Waals surface area (Å²) in [6.07, 6.45) is -3.31. The Kier molecular flexibility index (Phi) is 3.89. The largest absolute Gasteiger partial charge is 0.420 e. The molecule has 2 rings (SSSR count). The molecular formula is C12H7ClF3N3O. The number of hydrogen-bond donors (Lipinski definition) is 1. The molecule has 0 aliphatic heterocycles.